The first kappa shape index (κ1) is 10.7. The molecule has 0 aliphatic carbocycles. The molecule has 2 aliphatic rings. The van der Waals surface area contributed by atoms with E-state index in [4.69, 9.17) is 4.74 Å². The first-order valence-corrected chi connectivity index (χ1v) is 5.67. The fourth-order valence-electron chi connectivity index (χ4n) is 1.96. The van der Waals surface area contributed by atoms with Gasteiger partial charge < -0.3 is 15.0 Å². The van der Waals surface area contributed by atoms with Crippen LogP contribution >= 0.6 is 0 Å². The number of rotatable bonds is 1. The van der Waals surface area contributed by atoms with E-state index in [9.17, 15) is 4.79 Å². The van der Waals surface area contributed by atoms with E-state index in [1.165, 1.54) is 6.42 Å². The third-order valence-electron chi connectivity index (χ3n) is 2.99. The van der Waals surface area contributed by atoms with Crippen molar-refractivity contribution in [2.45, 2.75) is 38.8 Å². The maximum Gasteiger partial charge on any atom is 0.410 e. The number of likely N-dealkylation sites (tertiary alicyclic amines) is 1. The quantitative estimate of drug-likeness (QED) is 0.710. The molecule has 1 amide bonds. The molecule has 1 unspecified atom stereocenters. The summed E-state index contributed by atoms with van der Waals surface area (Å²) in [5.74, 6) is 0.645. The summed E-state index contributed by atoms with van der Waals surface area (Å²) in [4.78, 5) is 13.4. The molecule has 2 rings (SSSR count). The van der Waals surface area contributed by atoms with Crippen LogP contribution in [0.25, 0.3) is 0 Å². The van der Waals surface area contributed by atoms with Crippen molar-refractivity contribution >= 4 is 6.09 Å². The number of amides is 1. The van der Waals surface area contributed by atoms with Gasteiger partial charge in [-0.1, -0.05) is 0 Å². The zero-order chi connectivity index (χ0) is 11.1. The average molecular weight is 212 g/mol. The molecule has 0 spiro atoms. The van der Waals surface area contributed by atoms with Crippen LogP contribution in [0.2, 0.25) is 0 Å². The SMILES string of the molecule is CC(C)(C)OC(=O)N1CC(C2CCN2)C1. The number of hydrogen-bond donors (Lipinski definition) is 1. The Morgan fingerprint density at radius 3 is 2.40 bits per heavy atom. The molecule has 15 heavy (non-hydrogen) atoms. The Balaban J connectivity index is 1.71. The number of carbonyl (C=O) groups is 1. The largest absolute Gasteiger partial charge is 0.444 e. The minimum Gasteiger partial charge on any atom is -0.444 e. The van der Waals surface area contributed by atoms with Gasteiger partial charge in [0.1, 0.15) is 5.60 Å². The number of carbonyl (C=O) groups excluding carboxylic acids is 1. The van der Waals surface area contributed by atoms with Gasteiger partial charge >= 0.3 is 6.09 Å². The molecule has 2 saturated heterocycles. The maximum absolute atomic E-state index is 11.6. The highest BCUT2D eigenvalue weighted by atomic mass is 16.6. The molecule has 4 nitrogen and oxygen atoms in total. The van der Waals surface area contributed by atoms with Crippen molar-refractivity contribution in [3.63, 3.8) is 0 Å². The summed E-state index contributed by atoms with van der Waals surface area (Å²) in [6.07, 6.45) is 1.09. The fourth-order valence-corrected chi connectivity index (χ4v) is 1.96. The monoisotopic (exact) mass is 212 g/mol. The van der Waals surface area contributed by atoms with E-state index in [-0.39, 0.29) is 11.7 Å². The molecule has 2 heterocycles. The minimum atomic E-state index is -0.378. The van der Waals surface area contributed by atoms with E-state index in [0.29, 0.717) is 12.0 Å². The molecule has 0 saturated carbocycles. The van der Waals surface area contributed by atoms with E-state index < -0.39 is 0 Å². The zero-order valence-electron chi connectivity index (χ0n) is 9.75. The van der Waals surface area contributed by atoms with Crippen molar-refractivity contribution in [3.8, 4) is 0 Å². The lowest BCUT2D eigenvalue weighted by molar-refractivity contribution is -0.0114. The van der Waals surface area contributed by atoms with E-state index in [1.54, 1.807) is 4.90 Å². The third-order valence-corrected chi connectivity index (χ3v) is 2.99. The lowest BCUT2D eigenvalue weighted by Gasteiger charge is -2.46. The van der Waals surface area contributed by atoms with Crippen molar-refractivity contribution in [3.05, 3.63) is 0 Å². The first-order valence-electron chi connectivity index (χ1n) is 5.67. The maximum atomic E-state index is 11.6. The van der Waals surface area contributed by atoms with Gasteiger partial charge in [-0.3, -0.25) is 0 Å². The molecular formula is C11H20N2O2. The van der Waals surface area contributed by atoms with Gasteiger partial charge in [0, 0.05) is 25.0 Å². The van der Waals surface area contributed by atoms with Crippen LogP contribution in [0.3, 0.4) is 0 Å². The van der Waals surface area contributed by atoms with Crippen molar-refractivity contribution in [1.29, 1.82) is 0 Å². The molecule has 2 aliphatic heterocycles. The summed E-state index contributed by atoms with van der Waals surface area (Å²) in [5.41, 5.74) is -0.378. The summed E-state index contributed by atoms with van der Waals surface area (Å²) in [7, 11) is 0. The number of nitrogens with one attached hydrogen (secondary N) is 1. The lowest BCUT2D eigenvalue weighted by atomic mass is 9.86. The van der Waals surface area contributed by atoms with Crippen molar-refractivity contribution in [2.75, 3.05) is 19.6 Å². The van der Waals surface area contributed by atoms with E-state index in [2.05, 4.69) is 5.32 Å². The van der Waals surface area contributed by atoms with Crippen LogP contribution in [0.4, 0.5) is 4.79 Å². The number of hydrogen-bond acceptors (Lipinski definition) is 3. The second kappa shape index (κ2) is 3.67. The average Bonchev–Trinajstić information content (AvgIpc) is 1.86. The standard InChI is InChI=1S/C11H20N2O2/c1-11(2,3)15-10(14)13-6-8(7-13)9-4-5-12-9/h8-9,12H,4-7H2,1-3H3. The van der Waals surface area contributed by atoms with Crippen LogP contribution in [0.5, 0.6) is 0 Å². The fraction of sp³-hybridized carbons (Fsp3) is 0.909. The highest BCUT2D eigenvalue weighted by molar-refractivity contribution is 5.69. The van der Waals surface area contributed by atoms with Gasteiger partial charge in [-0.05, 0) is 33.7 Å². The topological polar surface area (TPSA) is 41.6 Å². The van der Waals surface area contributed by atoms with Crippen LogP contribution < -0.4 is 5.32 Å². The van der Waals surface area contributed by atoms with E-state index in [1.807, 2.05) is 20.8 Å². The zero-order valence-corrected chi connectivity index (χ0v) is 9.75. The normalized spacial score (nSPS) is 26.9. The van der Waals surface area contributed by atoms with Crippen LogP contribution in [0.15, 0.2) is 0 Å². The van der Waals surface area contributed by atoms with E-state index in [0.717, 1.165) is 19.6 Å². The van der Waals surface area contributed by atoms with Gasteiger partial charge in [-0.15, -0.1) is 0 Å². The van der Waals surface area contributed by atoms with Gasteiger partial charge in [-0.2, -0.15) is 0 Å². The predicted octanol–water partition coefficient (Wildman–Crippen LogP) is 1.22. The Morgan fingerprint density at radius 1 is 1.40 bits per heavy atom. The van der Waals surface area contributed by atoms with Crippen LogP contribution in [-0.4, -0.2) is 42.3 Å². The second-order valence-corrected chi connectivity index (χ2v) is 5.49. The Kier molecular flexibility index (Phi) is 2.63. The summed E-state index contributed by atoms with van der Waals surface area (Å²) in [6, 6.07) is 0.642. The summed E-state index contributed by atoms with van der Waals surface area (Å²) < 4.78 is 5.29. The van der Waals surface area contributed by atoms with Gasteiger partial charge in [0.2, 0.25) is 0 Å². The van der Waals surface area contributed by atoms with Crippen molar-refractivity contribution in [2.24, 2.45) is 5.92 Å². The van der Waals surface area contributed by atoms with Crippen LogP contribution in [0.1, 0.15) is 27.2 Å². The van der Waals surface area contributed by atoms with Crippen LogP contribution in [0, 0.1) is 5.92 Å². The molecule has 2 fully saturated rings. The molecular weight excluding hydrogens is 192 g/mol. The molecule has 0 aromatic carbocycles. The van der Waals surface area contributed by atoms with Gasteiger partial charge in [0.05, 0.1) is 0 Å². The minimum absolute atomic E-state index is 0.168. The molecule has 0 bridgehead atoms. The smallest absolute Gasteiger partial charge is 0.410 e. The number of nitrogens with zero attached hydrogens (tertiary/aromatic N) is 1. The predicted molar refractivity (Wildman–Crippen MR) is 57.7 cm³/mol. The first-order chi connectivity index (χ1) is 6.96. The van der Waals surface area contributed by atoms with Crippen LogP contribution in [-0.2, 0) is 4.74 Å². The molecule has 1 atom stereocenters. The van der Waals surface area contributed by atoms with Crippen molar-refractivity contribution < 1.29 is 9.53 Å². The molecule has 0 aromatic rings. The molecule has 0 radical (unpaired) electrons. The highest BCUT2D eigenvalue weighted by Crippen LogP contribution is 2.25. The van der Waals surface area contributed by atoms with E-state index >= 15 is 0 Å². The third kappa shape index (κ3) is 2.43. The van der Waals surface area contributed by atoms with Crippen molar-refractivity contribution in [1.82, 2.24) is 10.2 Å². The second-order valence-electron chi connectivity index (χ2n) is 5.49. The van der Waals surface area contributed by atoms with Gasteiger partial charge in [0.15, 0.2) is 0 Å². The molecule has 4 heteroatoms. The molecule has 86 valence electrons. The molecule has 0 aromatic heterocycles. The highest BCUT2D eigenvalue weighted by Gasteiger charge is 2.39. The Bertz CT molecular complexity index is 250. The summed E-state index contributed by atoms with van der Waals surface area (Å²) >= 11 is 0. The Hall–Kier alpha value is -0.770. The Morgan fingerprint density at radius 2 is 2.00 bits per heavy atom. The summed E-state index contributed by atoms with van der Waals surface area (Å²) in [6.45, 7) is 8.54. The van der Waals surface area contributed by atoms with Gasteiger partial charge in [-0.25, -0.2) is 4.79 Å². The molecule has 1 N–H and O–H groups in total. The van der Waals surface area contributed by atoms with Gasteiger partial charge in [0.25, 0.3) is 0 Å². The summed E-state index contributed by atoms with van der Waals surface area (Å²) in [5, 5.41) is 3.38. The Labute approximate surface area is 91.0 Å². The lowest BCUT2D eigenvalue weighted by Crippen LogP contribution is -2.62. The number of ether oxygens (including phenoxy) is 1.